The third kappa shape index (κ3) is 4.23. The highest BCUT2D eigenvalue weighted by Gasteiger charge is 2.33. The van der Waals surface area contributed by atoms with Crippen LogP contribution >= 0.6 is 0 Å². The molecule has 1 atom stereocenters. The molecule has 1 aromatic carbocycles. The fourth-order valence-electron chi connectivity index (χ4n) is 2.62. The molecule has 120 valence electrons. The maximum absolute atomic E-state index is 12.4. The van der Waals surface area contributed by atoms with E-state index in [2.05, 4.69) is 17.6 Å². The zero-order chi connectivity index (χ0) is 15.9. The van der Waals surface area contributed by atoms with Crippen LogP contribution in [0.3, 0.4) is 0 Å². The minimum Gasteiger partial charge on any atom is -0.354 e. The van der Waals surface area contributed by atoms with E-state index >= 15 is 0 Å². The van der Waals surface area contributed by atoms with E-state index in [1.54, 1.807) is 4.90 Å². The first kappa shape index (κ1) is 16.3. The smallest absolute Gasteiger partial charge is 0.322 e. The molecular weight excluding hydrogens is 278 g/mol. The second kappa shape index (κ2) is 7.82. The van der Waals surface area contributed by atoms with E-state index in [1.165, 1.54) is 0 Å². The van der Waals surface area contributed by atoms with Crippen molar-refractivity contribution in [2.45, 2.75) is 45.6 Å². The number of amides is 3. The number of carbonyl (C=O) groups is 2. The summed E-state index contributed by atoms with van der Waals surface area (Å²) in [6.07, 6.45) is 3.61. The third-order valence-corrected chi connectivity index (χ3v) is 3.95. The van der Waals surface area contributed by atoms with Gasteiger partial charge in [0.05, 0.1) is 0 Å². The van der Waals surface area contributed by atoms with Crippen LogP contribution in [0.15, 0.2) is 24.3 Å². The number of hydrogen-bond acceptors (Lipinski definition) is 2. The van der Waals surface area contributed by atoms with Gasteiger partial charge in [-0.05, 0) is 38.3 Å². The Bertz CT molecular complexity index is 513. The fraction of sp³-hybridized carbons (Fsp3) is 0.529. The predicted octanol–water partition coefficient (Wildman–Crippen LogP) is 2.91. The van der Waals surface area contributed by atoms with Gasteiger partial charge >= 0.3 is 6.03 Å². The van der Waals surface area contributed by atoms with Gasteiger partial charge in [-0.1, -0.05) is 31.0 Å². The minimum absolute atomic E-state index is 0.0370. The lowest BCUT2D eigenvalue weighted by Gasteiger charge is -2.24. The van der Waals surface area contributed by atoms with Gasteiger partial charge in [-0.2, -0.15) is 0 Å². The van der Waals surface area contributed by atoms with E-state index in [-0.39, 0.29) is 18.0 Å². The van der Waals surface area contributed by atoms with Crippen LogP contribution in [-0.4, -0.2) is 36.0 Å². The molecule has 1 aliphatic rings. The van der Waals surface area contributed by atoms with Crippen LogP contribution in [0, 0.1) is 6.92 Å². The maximum Gasteiger partial charge on any atom is 0.322 e. The maximum atomic E-state index is 12.4. The van der Waals surface area contributed by atoms with Crippen molar-refractivity contribution in [1.82, 2.24) is 10.2 Å². The molecule has 0 saturated carbocycles. The van der Waals surface area contributed by atoms with Crippen molar-refractivity contribution in [2.75, 3.05) is 18.4 Å². The van der Waals surface area contributed by atoms with Crippen LogP contribution in [0.25, 0.3) is 0 Å². The number of carbonyl (C=O) groups excluding carboxylic acids is 2. The molecule has 0 unspecified atom stereocenters. The van der Waals surface area contributed by atoms with Crippen LogP contribution in [0.1, 0.15) is 38.2 Å². The zero-order valence-electron chi connectivity index (χ0n) is 13.4. The van der Waals surface area contributed by atoms with Crippen molar-refractivity contribution in [3.63, 3.8) is 0 Å². The molecular formula is C17H25N3O2. The molecule has 1 aliphatic heterocycles. The lowest BCUT2D eigenvalue weighted by atomic mass is 10.2. The Hall–Kier alpha value is -2.04. The largest absolute Gasteiger partial charge is 0.354 e. The summed E-state index contributed by atoms with van der Waals surface area (Å²) in [6.45, 7) is 5.40. The Morgan fingerprint density at radius 3 is 2.68 bits per heavy atom. The van der Waals surface area contributed by atoms with Crippen molar-refractivity contribution < 1.29 is 9.59 Å². The quantitative estimate of drug-likeness (QED) is 0.822. The molecule has 1 fully saturated rings. The number of nitrogens with zero attached hydrogens (tertiary/aromatic N) is 1. The van der Waals surface area contributed by atoms with Crippen LogP contribution in [0.4, 0.5) is 10.5 Å². The summed E-state index contributed by atoms with van der Waals surface area (Å²) in [6, 6.07) is 7.11. The van der Waals surface area contributed by atoms with Crippen LogP contribution in [0.5, 0.6) is 0 Å². The Balaban J connectivity index is 1.92. The summed E-state index contributed by atoms with van der Waals surface area (Å²) in [7, 11) is 0. The van der Waals surface area contributed by atoms with E-state index in [9.17, 15) is 9.59 Å². The van der Waals surface area contributed by atoms with Gasteiger partial charge in [0.25, 0.3) is 0 Å². The standard InChI is InChI=1S/C17H25N3O2/c1-3-4-11-18-16(21)15-6-5-12-20(15)17(22)19-14-9-7-13(2)8-10-14/h7-10,15H,3-6,11-12H2,1-2H3,(H,18,21)(H,19,22)/t15-/m1/s1. The molecule has 5 nitrogen and oxygen atoms in total. The summed E-state index contributed by atoms with van der Waals surface area (Å²) in [5.74, 6) is -0.0370. The van der Waals surface area contributed by atoms with E-state index in [4.69, 9.17) is 0 Å². The molecule has 3 amide bonds. The Morgan fingerprint density at radius 1 is 1.27 bits per heavy atom. The van der Waals surface area contributed by atoms with Crippen LogP contribution in [-0.2, 0) is 4.79 Å². The highest BCUT2D eigenvalue weighted by molar-refractivity contribution is 5.94. The molecule has 0 spiro atoms. The highest BCUT2D eigenvalue weighted by Crippen LogP contribution is 2.19. The topological polar surface area (TPSA) is 61.4 Å². The van der Waals surface area contributed by atoms with Crippen molar-refractivity contribution in [3.05, 3.63) is 29.8 Å². The Labute approximate surface area is 132 Å². The first-order valence-electron chi connectivity index (χ1n) is 8.04. The number of hydrogen-bond donors (Lipinski definition) is 2. The van der Waals surface area contributed by atoms with Gasteiger partial charge in [0.2, 0.25) is 5.91 Å². The number of nitrogens with one attached hydrogen (secondary N) is 2. The molecule has 2 N–H and O–H groups in total. The first-order chi connectivity index (χ1) is 10.6. The summed E-state index contributed by atoms with van der Waals surface area (Å²) in [4.78, 5) is 26.2. The number of benzene rings is 1. The van der Waals surface area contributed by atoms with Gasteiger partial charge < -0.3 is 15.5 Å². The number of anilines is 1. The molecule has 5 heteroatoms. The summed E-state index contributed by atoms with van der Waals surface area (Å²) in [5, 5.41) is 5.79. The SMILES string of the molecule is CCCCNC(=O)[C@H]1CCCN1C(=O)Nc1ccc(C)cc1. The Kier molecular flexibility index (Phi) is 5.81. The van der Waals surface area contributed by atoms with Gasteiger partial charge in [0.1, 0.15) is 6.04 Å². The van der Waals surface area contributed by atoms with Crippen molar-refractivity contribution >= 4 is 17.6 Å². The molecule has 1 saturated heterocycles. The number of urea groups is 1. The Morgan fingerprint density at radius 2 is 2.00 bits per heavy atom. The molecule has 0 bridgehead atoms. The molecule has 0 radical (unpaired) electrons. The normalized spacial score (nSPS) is 17.4. The van der Waals surface area contributed by atoms with E-state index in [1.807, 2.05) is 31.2 Å². The average Bonchev–Trinajstić information content (AvgIpc) is 2.99. The van der Waals surface area contributed by atoms with Crippen LogP contribution in [0.2, 0.25) is 0 Å². The minimum atomic E-state index is -0.345. The van der Waals surface area contributed by atoms with E-state index in [0.29, 0.717) is 13.1 Å². The average molecular weight is 303 g/mol. The van der Waals surface area contributed by atoms with Crippen LogP contribution < -0.4 is 10.6 Å². The molecule has 1 aromatic rings. The van der Waals surface area contributed by atoms with E-state index < -0.39 is 0 Å². The molecule has 2 rings (SSSR count). The number of aryl methyl sites for hydroxylation is 1. The second-order valence-corrected chi connectivity index (χ2v) is 5.79. The molecule has 0 aromatic heterocycles. The summed E-state index contributed by atoms with van der Waals surface area (Å²) in [5.41, 5.74) is 1.90. The first-order valence-corrected chi connectivity index (χ1v) is 8.04. The zero-order valence-corrected chi connectivity index (χ0v) is 13.4. The number of rotatable bonds is 5. The summed E-state index contributed by atoms with van der Waals surface area (Å²) < 4.78 is 0. The molecule has 1 heterocycles. The summed E-state index contributed by atoms with van der Waals surface area (Å²) >= 11 is 0. The van der Waals surface area contributed by atoms with Gasteiger partial charge in [-0.3, -0.25) is 4.79 Å². The van der Waals surface area contributed by atoms with Gasteiger partial charge in [0.15, 0.2) is 0 Å². The third-order valence-electron chi connectivity index (χ3n) is 3.95. The van der Waals surface area contributed by atoms with Gasteiger partial charge in [-0.25, -0.2) is 4.79 Å². The second-order valence-electron chi connectivity index (χ2n) is 5.79. The van der Waals surface area contributed by atoms with Gasteiger partial charge in [-0.15, -0.1) is 0 Å². The molecule has 22 heavy (non-hydrogen) atoms. The lowest BCUT2D eigenvalue weighted by Crippen LogP contribution is -2.47. The lowest BCUT2D eigenvalue weighted by molar-refractivity contribution is -0.124. The monoisotopic (exact) mass is 303 g/mol. The van der Waals surface area contributed by atoms with Crippen molar-refractivity contribution in [1.29, 1.82) is 0 Å². The van der Waals surface area contributed by atoms with E-state index in [0.717, 1.165) is 36.9 Å². The van der Waals surface area contributed by atoms with Gasteiger partial charge in [0, 0.05) is 18.8 Å². The highest BCUT2D eigenvalue weighted by atomic mass is 16.2. The number of likely N-dealkylation sites (tertiary alicyclic amines) is 1. The molecule has 0 aliphatic carbocycles. The number of unbranched alkanes of at least 4 members (excludes halogenated alkanes) is 1. The van der Waals surface area contributed by atoms with Crippen molar-refractivity contribution in [2.24, 2.45) is 0 Å². The predicted molar refractivity (Wildman–Crippen MR) is 87.8 cm³/mol. The fourth-order valence-corrected chi connectivity index (χ4v) is 2.62. The van der Waals surface area contributed by atoms with Crippen molar-refractivity contribution in [3.8, 4) is 0 Å².